The van der Waals surface area contributed by atoms with Crippen molar-refractivity contribution in [2.75, 3.05) is 5.32 Å². The summed E-state index contributed by atoms with van der Waals surface area (Å²) in [6.07, 6.45) is 3.18. The van der Waals surface area contributed by atoms with Crippen LogP contribution < -0.4 is 10.1 Å². The summed E-state index contributed by atoms with van der Waals surface area (Å²) in [7, 11) is 0. The van der Waals surface area contributed by atoms with Gasteiger partial charge in [-0.15, -0.1) is 0 Å². The van der Waals surface area contributed by atoms with Crippen molar-refractivity contribution in [3.8, 4) is 5.75 Å². The van der Waals surface area contributed by atoms with E-state index in [1.165, 1.54) is 0 Å². The zero-order valence-corrected chi connectivity index (χ0v) is 12.5. The van der Waals surface area contributed by atoms with Gasteiger partial charge in [0, 0.05) is 18.1 Å². The molecule has 0 saturated heterocycles. The van der Waals surface area contributed by atoms with Gasteiger partial charge in [-0.25, -0.2) is 4.79 Å². The van der Waals surface area contributed by atoms with E-state index < -0.39 is 6.16 Å². The summed E-state index contributed by atoms with van der Waals surface area (Å²) in [6.45, 7) is 4.37. The molecule has 0 spiro atoms. The Morgan fingerprint density at radius 3 is 2.91 bits per heavy atom. The molecule has 2 aromatic rings. The van der Waals surface area contributed by atoms with Gasteiger partial charge in [-0.3, -0.25) is 4.98 Å². The fourth-order valence-corrected chi connectivity index (χ4v) is 3.05. The van der Waals surface area contributed by atoms with Crippen molar-refractivity contribution in [2.45, 2.75) is 26.3 Å². The van der Waals surface area contributed by atoms with Crippen LogP contribution in [0.5, 0.6) is 5.75 Å². The monoisotopic (exact) mass is 298 g/mol. The van der Waals surface area contributed by atoms with Gasteiger partial charge < -0.3 is 15.2 Å². The van der Waals surface area contributed by atoms with Crippen LogP contribution in [0.4, 0.5) is 10.5 Å². The van der Waals surface area contributed by atoms with Gasteiger partial charge in [0.05, 0.1) is 6.04 Å². The number of rotatable bonds is 2. The summed E-state index contributed by atoms with van der Waals surface area (Å²) in [6, 6.07) is 9.48. The minimum atomic E-state index is -1.30. The largest absolute Gasteiger partial charge is 0.511 e. The molecule has 5 heteroatoms. The Hall–Kier alpha value is -2.56. The number of hydrogen-bond donors (Lipinski definition) is 2. The lowest BCUT2D eigenvalue weighted by Crippen LogP contribution is -2.35. The van der Waals surface area contributed by atoms with Gasteiger partial charge in [-0.2, -0.15) is 0 Å². The first-order valence-corrected chi connectivity index (χ1v) is 7.16. The number of aromatic nitrogens is 1. The third-order valence-electron chi connectivity index (χ3n) is 4.03. The first-order valence-electron chi connectivity index (χ1n) is 7.16. The Bertz CT molecular complexity index is 698. The zero-order valence-electron chi connectivity index (χ0n) is 12.5. The predicted molar refractivity (Wildman–Crippen MR) is 83.2 cm³/mol. The molecule has 0 radical (unpaired) electrons. The molecule has 1 atom stereocenters. The van der Waals surface area contributed by atoms with Gasteiger partial charge in [-0.05, 0) is 47.2 Å². The van der Waals surface area contributed by atoms with Crippen LogP contribution in [-0.2, 0) is 6.42 Å². The van der Waals surface area contributed by atoms with Crippen LogP contribution in [0.1, 0.15) is 31.0 Å². The SMILES string of the molecule is CC1(C)Cc2cc(OC(=O)O)ccc2NC1c1cccnc1. The maximum Gasteiger partial charge on any atom is 0.511 e. The highest BCUT2D eigenvalue weighted by molar-refractivity contribution is 5.64. The summed E-state index contributed by atoms with van der Waals surface area (Å²) >= 11 is 0. The molecule has 0 bridgehead atoms. The predicted octanol–water partition coefficient (Wildman–Crippen LogP) is 3.87. The van der Waals surface area contributed by atoms with E-state index in [0.29, 0.717) is 5.75 Å². The zero-order chi connectivity index (χ0) is 15.7. The highest BCUT2D eigenvalue weighted by atomic mass is 16.7. The van der Waals surface area contributed by atoms with E-state index in [9.17, 15) is 4.79 Å². The standard InChI is InChI=1S/C17H18N2O3/c1-17(2)9-12-8-13(22-16(20)21)5-6-14(12)19-15(17)11-4-3-7-18-10-11/h3-8,10,15,19H,9H2,1-2H3,(H,20,21). The summed E-state index contributed by atoms with van der Waals surface area (Å²) in [5.74, 6) is 0.351. The number of nitrogens with zero attached hydrogens (tertiary/aromatic N) is 1. The quantitative estimate of drug-likeness (QED) is 0.650. The summed E-state index contributed by atoms with van der Waals surface area (Å²) in [5, 5.41) is 12.3. The van der Waals surface area contributed by atoms with Gasteiger partial charge in [-0.1, -0.05) is 19.9 Å². The van der Waals surface area contributed by atoms with Crippen molar-refractivity contribution in [1.29, 1.82) is 0 Å². The third kappa shape index (κ3) is 2.74. The number of pyridine rings is 1. The van der Waals surface area contributed by atoms with E-state index in [1.807, 2.05) is 18.3 Å². The highest BCUT2D eigenvalue weighted by Gasteiger charge is 2.36. The molecule has 1 aromatic heterocycles. The highest BCUT2D eigenvalue weighted by Crippen LogP contribution is 2.45. The molecule has 0 saturated carbocycles. The molecule has 0 aliphatic carbocycles. The molecule has 22 heavy (non-hydrogen) atoms. The summed E-state index contributed by atoms with van der Waals surface area (Å²) in [5.41, 5.74) is 3.18. The molecule has 3 rings (SSSR count). The lowest BCUT2D eigenvalue weighted by atomic mass is 9.73. The molecule has 2 heterocycles. The van der Waals surface area contributed by atoms with E-state index in [4.69, 9.17) is 9.84 Å². The lowest BCUT2D eigenvalue weighted by Gasteiger charge is -2.41. The van der Waals surface area contributed by atoms with Crippen LogP contribution in [0.25, 0.3) is 0 Å². The molecule has 1 aliphatic rings. The Kier molecular flexibility index (Phi) is 3.48. The van der Waals surface area contributed by atoms with Gasteiger partial charge >= 0.3 is 6.16 Å². The van der Waals surface area contributed by atoms with Gasteiger partial charge in [0.2, 0.25) is 0 Å². The van der Waals surface area contributed by atoms with E-state index >= 15 is 0 Å². The first-order chi connectivity index (χ1) is 10.5. The molecule has 1 unspecified atom stereocenters. The normalized spacial score (nSPS) is 18.9. The van der Waals surface area contributed by atoms with Crippen LogP contribution in [0.3, 0.4) is 0 Å². The number of carbonyl (C=O) groups is 1. The lowest BCUT2D eigenvalue weighted by molar-refractivity contribution is 0.144. The van der Waals surface area contributed by atoms with Crippen molar-refractivity contribution in [2.24, 2.45) is 5.41 Å². The van der Waals surface area contributed by atoms with Gasteiger partial charge in [0.1, 0.15) is 5.75 Å². The van der Waals surface area contributed by atoms with Crippen LogP contribution in [0, 0.1) is 5.41 Å². The van der Waals surface area contributed by atoms with Crippen molar-refractivity contribution in [3.63, 3.8) is 0 Å². The second-order valence-corrected chi connectivity index (χ2v) is 6.22. The summed E-state index contributed by atoms with van der Waals surface area (Å²) in [4.78, 5) is 14.9. The van der Waals surface area contributed by atoms with Crippen LogP contribution in [0.2, 0.25) is 0 Å². The number of ether oxygens (including phenoxy) is 1. The third-order valence-corrected chi connectivity index (χ3v) is 4.03. The molecule has 1 aromatic carbocycles. The van der Waals surface area contributed by atoms with Crippen LogP contribution in [0.15, 0.2) is 42.7 Å². The maximum absolute atomic E-state index is 10.7. The second-order valence-electron chi connectivity index (χ2n) is 6.22. The van der Waals surface area contributed by atoms with E-state index in [-0.39, 0.29) is 11.5 Å². The topological polar surface area (TPSA) is 71.5 Å². The van der Waals surface area contributed by atoms with Gasteiger partial charge in [0.15, 0.2) is 0 Å². The Morgan fingerprint density at radius 1 is 1.41 bits per heavy atom. The van der Waals surface area contributed by atoms with Crippen LogP contribution in [-0.4, -0.2) is 16.2 Å². The fourth-order valence-electron chi connectivity index (χ4n) is 3.05. The number of hydrogen-bond acceptors (Lipinski definition) is 4. The molecule has 0 fully saturated rings. The van der Waals surface area contributed by atoms with Gasteiger partial charge in [0.25, 0.3) is 0 Å². The number of benzene rings is 1. The average Bonchev–Trinajstić information content (AvgIpc) is 2.46. The van der Waals surface area contributed by atoms with Crippen molar-refractivity contribution in [3.05, 3.63) is 53.9 Å². The number of anilines is 1. The van der Waals surface area contributed by atoms with Crippen molar-refractivity contribution < 1.29 is 14.6 Å². The Labute approximate surface area is 129 Å². The second kappa shape index (κ2) is 5.33. The minimum absolute atomic E-state index is 0.0299. The molecular formula is C17H18N2O3. The fraction of sp³-hybridized carbons (Fsp3) is 0.294. The summed E-state index contributed by atoms with van der Waals surface area (Å²) < 4.78 is 4.74. The van der Waals surface area contributed by atoms with E-state index in [1.54, 1.807) is 18.3 Å². The average molecular weight is 298 g/mol. The van der Waals surface area contributed by atoms with Crippen molar-refractivity contribution >= 4 is 11.8 Å². The molecule has 5 nitrogen and oxygen atoms in total. The number of nitrogens with one attached hydrogen (secondary N) is 1. The Morgan fingerprint density at radius 2 is 2.23 bits per heavy atom. The molecular weight excluding hydrogens is 280 g/mol. The first kappa shape index (κ1) is 14.4. The minimum Gasteiger partial charge on any atom is -0.449 e. The van der Waals surface area contributed by atoms with Crippen LogP contribution >= 0.6 is 0 Å². The van der Waals surface area contributed by atoms with E-state index in [0.717, 1.165) is 23.2 Å². The molecule has 114 valence electrons. The molecule has 0 amide bonds. The number of carboxylic acid groups (broad SMARTS) is 1. The maximum atomic E-state index is 10.7. The Balaban J connectivity index is 1.94. The molecule has 2 N–H and O–H groups in total. The number of fused-ring (bicyclic) bond motifs is 1. The van der Waals surface area contributed by atoms with Crippen molar-refractivity contribution in [1.82, 2.24) is 4.98 Å². The molecule has 1 aliphatic heterocycles. The smallest absolute Gasteiger partial charge is 0.449 e. The van der Waals surface area contributed by atoms with E-state index in [2.05, 4.69) is 30.2 Å².